The van der Waals surface area contributed by atoms with Crippen LogP contribution in [0.2, 0.25) is 0 Å². The molecule has 1 amide bonds. The Morgan fingerprint density at radius 2 is 1.93 bits per heavy atom. The second-order valence-electron chi connectivity index (χ2n) is 6.93. The average molecular weight is 452 g/mol. The highest BCUT2D eigenvalue weighted by Gasteiger charge is 2.54. The number of benzene rings is 2. The zero-order valence-corrected chi connectivity index (χ0v) is 17.1. The molecule has 0 aromatic heterocycles. The third-order valence-electron chi connectivity index (χ3n) is 5.05. The maximum Gasteiger partial charge on any atom is 0.242 e. The maximum atomic E-state index is 13.3. The summed E-state index contributed by atoms with van der Waals surface area (Å²) in [6.07, 6.45) is 0.360. The summed E-state index contributed by atoms with van der Waals surface area (Å²) in [7, 11) is -2.37. The Morgan fingerprint density at radius 1 is 1.22 bits per heavy atom. The third kappa shape index (κ3) is 2.91. The van der Waals surface area contributed by atoms with Gasteiger partial charge in [0.25, 0.3) is 0 Å². The lowest BCUT2D eigenvalue weighted by Crippen LogP contribution is -2.63. The SMILES string of the molecule is COc1cccc2c1O[C@@]1(C)C[C@H]2[C@H](S(=O)(=O)c2ccc(Br)cc2)C(=O)N1. The highest BCUT2D eigenvalue weighted by Crippen LogP contribution is 2.50. The number of sulfone groups is 1. The molecular formula is C19H18BrNO5S. The van der Waals surface area contributed by atoms with Crippen molar-refractivity contribution in [3.05, 3.63) is 52.5 Å². The van der Waals surface area contributed by atoms with E-state index in [1.54, 1.807) is 37.3 Å². The summed E-state index contributed by atoms with van der Waals surface area (Å²) < 4.78 is 38.8. The fourth-order valence-electron chi connectivity index (χ4n) is 3.88. The predicted molar refractivity (Wildman–Crippen MR) is 103 cm³/mol. The molecule has 2 heterocycles. The van der Waals surface area contributed by atoms with Gasteiger partial charge in [-0.1, -0.05) is 28.1 Å². The van der Waals surface area contributed by atoms with Crippen LogP contribution in [0.15, 0.2) is 51.8 Å². The second-order valence-corrected chi connectivity index (χ2v) is 9.92. The lowest BCUT2D eigenvalue weighted by atomic mass is 9.81. The summed E-state index contributed by atoms with van der Waals surface area (Å²) in [6.45, 7) is 1.75. The molecule has 8 heteroatoms. The van der Waals surface area contributed by atoms with Crippen LogP contribution in [0.4, 0.5) is 0 Å². The molecule has 27 heavy (non-hydrogen) atoms. The fourth-order valence-corrected chi connectivity index (χ4v) is 5.97. The third-order valence-corrected chi connectivity index (χ3v) is 7.72. The summed E-state index contributed by atoms with van der Waals surface area (Å²) in [5, 5.41) is 1.51. The molecular weight excluding hydrogens is 434 g/mol. The minimum Gasteiger partial charge on any atom is -0.493 e. The van der Waals surface area contributed by atoms with Gasteiger partial charge in [0.1, 0.15) is 0 Å². The van der Waals surface area contributed by atoms with Crippen LogP contribution in [-0.4, -0.2) is 32.4 Å². The topological polar surface area (TPSA) is 81.7 Å². The number of halogens is 1. The maximum absolute atomic E-state index is 13.3. The number of rotatable bonds is 3. The summed E-state index contributed by atoms with van der Waals surface area (Å²) in [6, 6.07) is 11.6. The van der Waals surface area contributed by atoms with Crippen LogP contribution in [0.25, 0.3) is 0 Å². The van der Waals surface area contributed by atoms with Crippen LogP contribution < -0.4 is 14.8 Å². The first-order valence-corrected chi connectivity index (χ1v) is 10.8. The molecule has 4 rings (SSSR count). The summed E-state index contributed by atoms with van der Waals surface area (Å²) in [5.41, 5.74) is -0.304. The molecule has 0 unspecified atom stereocenters. The molecule has 1 saturated heterocycles. The molecule has 2 aromatic carbocycles. The standard InChI is InChI=1S/C19H18BrNO5S/c1-19-10-14(13-4-3-5-15(25-2)16(13)26-19)17(18(22)21-19)27(23,24)12-8-6-11(20)7-9-12/h3-9,14,17H,10H2,1-2H3,(H,21,22)/t14-,17+,19+/m1/s1. The van der Waals surface area contributed by atoms with E-state index in [9.17, 15) is 13.2 Å². The molecule has 0 aliphatic carbocycles. The molecule has 2 aliphatic heterocycles. The van der Waals surface area contributed by atoms with E-state index in [-0.39, 0.29) is 4.90 Å². The van der Waals surface area contributed by atoms with Crippen molar-refractivity contribution < 1.29 is 22.7 Å². The van der Waals surface area contributed by atoms with Gasteiger partial charge in [0.2, 0.25) is 5.91 Å². The van der Waals surface area contributed by atoms with Crippen molar-refractivity contribution >= 4 is 31.7 Å². The Morgan fingerprint density at radius 3 is 2.59 bits per heavy atom. The molecule has 2 bridgehead atoms. The largest absolute Gasteiger partial charge is 0.493 e. The molecule has 6 nitrogen and oxygen atoms in total. The first kappa shape index (κ1) is 18.3. The number of piperidine rings is 1. The van der Waals surface area contributed by atoms with Gasteiger partial charge in [-0.05, 0) is 37.3 Å². The number of carbonyl (C=O) groups excluding carboxylic acids is 1. The van der Waals surface area contributed by atoms with Crippen LogP contribution in [0.1, 0.15) is 24.8 Å². The number of fused-ring (bicyclic) bond motifs is 4. The molecule has 2 aromatic rings. The van der Waals surface area contributed by atoms with Gasteiger partial charge in [-0.2, -0.15) is 0 Å². The van der Waals surface area contributed by atoms with Crippen molar-refractivity contribution in [1.29, 1.82) is 0 Å². The average Bonchev–Trinajstić information content (AvgIpc) is 2.60. The molecule has 0 radical (unpaired) electrons. The van der Waals surface area contributed by atoms with E-state index in [4.69, 9.17) is 9.47 Å². The van der Waals surface area contributed by atoms with E-state index in [0.29, 0.717) is 23.5 Å². The molecule has 3 atom stereocenters. The van der Waals surface area contributed by atoms with Gasteiger partial charge in [-0.3, -0.25) is 4.79 Å². The van der Waals surface area contributed by atoms with Crippen molar-refractivity contribution in [2.75, 3.05) is 7.11 Å². The number of hydrogen-bond acceptors (Lipinski definition) is 5. The van der Waals surface area contributed by atoms with Gasteiger partial charge in [0.05, 0.1) is 12.0 Å². The van der Waals surface area contributed by atoms with Crippen LogP contribution >= 0.6 is 15.9 Å². The van der Waals surface area contributed by atoms with Crippen molar-refractivity contribution in [2.24, 2.45) is 0 Å². The van der Waals surface area contributed by atoms with Crippen molar-refractivity contribution in [3.63, 3.8) is 0 Å². The summed E-state index contributed by atoms with van der Waals surface area (Å²) in [5.74, 6) is -0.0875. The molecule has 2 aliphatic rings. The minimum atomic E-state index is -3.90. The number of amides is 1. The van der Waals surface area contributed by atoms with Crippen LogP contribution in [0.3, 0.4) is 0 Å². The van der Waals surface area contributed by atoms with E-state index in [1.807, 2.05) is 0 Å². The number of hydrogen-bond donors (Lipinski definition) is 1. The van der Waals surface area contributed by atoms with E-state index in [0.717, 1.165) is 4.47 Å². The molecule has 0 spiro atoms. The molecule has 1 fully saturated rings. The number of methoxy groups -OCH3 is 1. The Bertz CT molecular complexity index is 1020. The Labute approximate surface area is 165 Å². The highest BCUT2D eigenvalue weighted by atomic mass is 79.9. The van der Waals surface area contributed by atoms with Gasteiger partial charge in [0, 0.05) is 22.4 Å². The molecule has 0 saturated carbocycles. The second kappa shape index (κ2) is 6.24. The number of para-hydroxylation sites is 1. The van der Waals surface area contributed by atoms with E-state index in [1.165, 1.54) is 19.2 Å². The van der Waals surface area contributed by atoms with Gasteiger partial charge < -0.3 is 14.8 Å². The first-order chi connectivity index (χ1) is 12.7. The van der Waals surface area contributed by atoms with Gasteiger partial charge in [-0.15, -0.1) is 0 Å². The Hall–Kier alpha value is -2.06. The smallest absolute Gasteiger partial charge is 0.242 e. The molecule has 142 valence electrons. The number of ether oxygens (including phenoxy) is 2. The zero-order chi connectivity index (χ0) is 19.4. The van der Waals surface area contributed by atoms with Crippen LogP contribution in [-0.2, 0) is 14.6 Å². The first-order valence-electron chi connectivity index (χ1n) is 8.42. The van der Waals surface area contributed by atoms with Gasteiger partial charge in [0.15, 0.2) is 32.3 Å². The lowest BCUT2D eigenvalue weighted by molar-refractivity contribution is -0.132. The predicted octanol–water partition coefficient (Wildman–Crippen LogP) is 3.01. The molecule has 1 N–H and O–H groups in total. The van der Waals surface area contributed by atoms with E-state index >= 15 is 0 Å². The van der Waals surface area contributed by atoms with E-state index < -0.39 is 32.6 Å². The lowest BCUT2D eigenvalue weighted by Gasteiger charge is -2.47. The van der Waals surface area contributed by atoms with Gasteiger partial charge >= 0.3 is 0 Å². The monoisotopic (exact) mass is 451 g/mol. The van der Waals surface area contributed by atoms with Crippen molar-refractivity contribution in [3.8, 4) is 11.5 Å². The summed E-state index contributed by atoms with van der Waals surface area (Å²) >= 11 is 3.30. The normalized spacial score (nSPS) is 26.6. The number of nitrogens with one attached hydrogen (secondary N) is 1. The van der Waals surface area contributed by atoms with Crippen molar-refractivity contribution in [2.45, 2.75) is 35.1 Å². The van der Waals surface area contributed by atoms with E-state index in [2.05, 4.69) is 21.2 Å². The Kier molecular flexibility index (Phi) is 4.23. The number of carbonyl (C=O) groups is 1. The zero-order valence-electron chi connectivity index (χ0n) is 14.7. The van der Waals surface area contributed by atoms with Crippen molar-refractivity contribution in [1.82, 2.24) is 5.32 Å². The summed E-state index contributed by atoms with van der Waals surface area (Å²) in [4.78, 5) is 13.0. The Balaban J connectivity index is 1.87. The fraction of sp³-hybridized carbons (Fsp3) is 0.316. The van der Waals surface area contributed by atoms with Crippen LogP contribution in [0.5, 0.6) is 11.5 Å². The van der Waals surface area contributed by atoms with Crippen LogP contribution in [0, 0.1) is 0 Å². The highest BCUT2D eigenvalue weighted by molar-refractivity contribution is 9.10. The quantitative estimate of drug-likeness (QED) is 0.775. The minimum absolute atomic E-state index is 0.116. The van der Waals surface area contributed by atoms with Gasteiger partial charge in [-0.25, -0.2) is 8.42 Å².